The van der Waals surface area contributed by atoms with E-state index in [0.29, 0.717) is 4.73 Å². The van der Waals surface area contributed by atoms with Gasteiger partial charge >= 0.3 is 17.1 Å². The highest BCUT2D eigenvalue weighted by Gasteiger charge is 2.25. The quantitative estimate of drug-likeness (QED) is 0.481. The Balaban J connectivity index is 2.23. The van der Waals surface area contributed by atoms with Crippen LogP contribution < -0.4 is 16.0 Å². The summed E-state index contributed by atoms with van der Waals surface area (Å²) in [5.74, 6) is -0.0219. The fraction of sp³-hybridized carbons (Fsp3) is 0.133. The van der Waals surface area contributed by atoms with Gasteiger partial charge in [0.1, 0.15) is 0 Å². The maximum atomic E-state index is 12.4. The first-order valence-corrected chi connectivity index (χ1v) is 6.80. The maximum absolute atomic E-state index is 12.4. The van der Waals surface area contributed by atoms with Gasteiger partial charge in [-0.1, -0.05) is 30.3 Å². The zero-order valence-corrected chi connectivity index (χ0v) is 12.5. The van der Waals surface area contributed by atoms with E-state index in [1.165, 1.54) is 24.9 Å². The van der Waals surface area contributed by atoms with Gasteiger partial charge in [0, 0.05) is 13.1 Å². The van der Waals surface area contributed by atoms with Crippen LogP contribution in [0.5, 0.6) is 0 Å². The van der Waals surface area contributed by atoms with Crippen LogP contribution in [0.2, 0.25) is 0 Å². The van der Waals surface area contributed by atoms with Crippen LogP contribution in [0.25, 0.3) is 23.7 Å². The third kappa shape index (κ3) is 2.50. The molecule has 0 radical (unpaired) electrons. The van der Waals surface area contributed by atoms with Crippen molar-refractivity contribution in [3.05, 3.63) is 67.8 Å². The summed E-state index contributed by atoms with van der Waals surface area (Å²) in [6.45, 7) is 0. The molecule has 8 heteroatoms. The summed E-state index contributed by atoms with van der Waals surface area (Å²) in [7, 11) is 2.80. The fourth-order valence-electron chi connectivity index (χ4n) is 2.16. The SMILES string of the molecule is Cn1nc(/C=C/c2ccccc2)[n+]([O-])c2c(=O)n(C)c(=O)nc1-2. The van der Waals surface area contributed by atoms with Gasteiger partial charge in [-0.2, -0.15) is 9.67 Å². The molecule has 23 heavy (non-hydrogen) atoms. The Morgan fingerprint density at radius 3 is 2.52 bits per heavy atom. The van der Waals surface area contributed by atoms with Gasteiger partial charge in [0.05, 0.1) is 12.1 Å². The zero-order valence-electron chi connectivity index (χ0n) is 12.5. The van der Waals surface area contributed by atoms with Gasteiger partial charge in [-0.25, -0.2) is 9.52 Å². The van der Waals surface area contributed by atoms with Crippen LogP contribution in [-0.2, 0) is 14.1 Å². The smallest absolute Gasteiger partial charge is 0.352 e. The number of benzene rings is 1. The summed E-state index contributed by atoms with van der Waals surface area (Å²) in [6.07, 6.45) is 3.22. The molecule has 8 nitrogen and oxygen atoms in total. The summed E-state index contributed by atoms with van der Waals surface area (Å²) in [5, 5.41) is 16.5. The molecule has 2 heterocycles. The predicted octanol–water partition coefficient (Wildman–Crippen LogP) is -0.217. The maximum Gasteiger partial charge on any atom is 0.352 e. The summed E-state index contributed by atoms with van der Waals surface area (Å²) < 4.78 is 2.43. The molecule has 0 aliphatic carbocycles. The minimum Gasteiger partial charge on any atom is -0.710 e. The first-order chi connectivity index (χ1) is 11.0. The minimum absolute atomic E-state index is 0.0291. The number of hydrogen-bond donors (Lipinski definition) is 0. The molecule has 0 bridgehead atoms. The molecule has 0 atom stereocenters. The van der Waals surface area contributed by atoms with E-state index < -0.39 is 11.2 Å². The molecule has 0 fully saturated rings. The Morgan fingerprint density at radius 2 is 1.83 bits per heavy atom. The fourth-order valence-corrected chi connectivity index (χ4v) is 2.16. The van der Waals surface area contributed by atoms with Gasteiger partial charge in [0.15, 0.2) is 0 Å². The first kappa shape index (κ1) is 14.6. The normalized spacial score (nSPS) is 11.4. The third-order valence-electron chi connectivity index (χ3n) is 3.40. The van der Waals surface area contributed by atoms with Crippen LogP contribution in [0, 0.1) is 5.21 Å². The molecule has 1 aromatic carbocycles. The van der Waals surface area contributed by atoms with Crippen LogP contribution >= 0.6 is 0 Å². The van der Waals surface area contributed by atoms with Gasteiger partial charge < -0.3 is 5.21 Å². The van der Waals surface area contributed by atoms with Gasteiger partial charge in [-0.05, 0) is 11.6 Å². The van der Waals surface area contributed by atoms with Crippen LogP contribution in [0.4, 0.5) is 0 Å². The van der Waals surface area contributed by atoms with E-state index in [9.17, 15) is 14.8 Å². The second-order valence-electron chi connectivity index (χ2n) is 4.95. The standard InChI is InChI=1S/C15H13N5O3/c1-18-14(21)12-13(16-15(18)22)19(2)17-11(20(12)23)9-8-10-6-4-3-5-7-10/h3-9H,1-2H3/b9-8+. The van der Waals surface area contributed by atoms with E-state index in [2.05, 4.69) is 10.1 Å². The topological polar surface area (TPSA) is 96.7 Å². The molecule has 0 saturated heterocycles. The number of rotatable bonds is 2. The van der Waals surface area contributed by atoms with Crippen molar-refractivity contribution >= 4 is 12.2 Å². The van der Waals surface area contributed by atoms with E-state index in [-0.39, 0.29) is 17.3 Å². The highest BCUT2D eigenvalue weighted by Crippen LogP contribution is 2.08. The molecule has 0 spiro atoms. The van der Waals surface area contributed by atoms with Gasteiger partial charge in [-0.15, -0.1) is 0 Å². The van der Waals surface area contributed by atoms with Gasteiger partial charge in [0.25, 0.3) is 0 Å². The van der Waals surface area contributed by atoms with Crippen molar-refractivity contribution in [3.8, 4) is 11.5 Å². The van der Waals surface area contributed by atoms with Crippen LogP contribution in [-0.4, -0.2) is 19.3 Å². The predicted molar refractivity (Wildman–Crippen MR) is 83.5 cm³/mol. The first-order valence-electron chi connectivity index (χ1n) is 6.80. The largest absolute Gasteiger partial charge is 0.710 e. The molecular weight excluding hydrogens is 298 g/mol. The Labute approximate surface area is 130 Å². The van der Waals surface area contributed by atoms with Gasteiger partial charge in [-0.3, -0.25) is 9.36 Å². The molecule has 3 rings (SSSR count). The lowest BCUT2D eigenvalue weighted by molar-refractivity contribution is -0.601. The van der Waals surface area contributed by atoms with E-state index >= 15 is 0 Å². The summed E-state index contributed by atoms with van der Waals surface area (Å²) in [6, 6.07) is 9.37. The molecule has 0 saturated carbocycles. The average molecular weight is 311 g/mol. The van der Waals surface area contributed by atoms with E-state index in [4.69, 9.17) is 0 Å². The zero-order chi connectivity index (χ0) is 16.6. The molecule has 0 amide bonds. The molecular formula is C15H13N5O3. The summed E-state index contributed by atoms with van der Waals surface area (Å²) >= 11 is 0. The number of fused-ring (bicyclic) bond motifs is 1. The summed E-state index contributed by atoms with van der Waals surface area (Å²) in [4.78, 5) is 27.5. The number of aromatic nitrogens is 5. The molecule has 2 aliphatic heterocycles. The van der Waals surface area contributed by atoms with Crippen molar-refractivity contribution in [2.45, 2.75) is 0 Å². The number of hydrogen-bond acceptors (Lipinski definition) is 5. The highest BCUT2D eigenvalue weighted by molar-refractivity contribution is 5.65. The van der Waals surface area contributed by atoms with Crippen molar-refractivity contribution in [1.82, 2.24) is 19.3 Å². The van der Waals surface area contributed by atoms with Crippen molar-refractivity contribution in [1.29, 1.82) is 0 Å². The third-order valence-corrected chi connectivity index (χ3v) is 3.40. The van der Waals surface area contributed by atoms with Crippen LogP contribution in [0.3, 0.4) is 0 Å². The van der Waals surface area contributed by atoms with Gasteiger partial charge in [0.2, 0.25) is 11.5 Å². The average Bonchev–Trinajstić information content (AvgIpc) is 2.55. The Kier molecular flexibility index (Phi) is 3.49. The molecule has 0 N–H and O–H groups in total. The Bertz CT molecular complexity index is 989. The van der Waals surface area contributed by atoms with E-state index in [1.807, 2.05) is 30.3 Å². The second kappa shape index (κ2) is 5.48. The minimum atomic E-state index is -0.729. The van der Waals surface area contributed by atoms with Crippen molar-refractivity contribution in [2.24, 2.45) is 14.1 Å². The molecule has 0 aromatic heterocycles. The number of nitrogens with zero attached hydrogens (tertiary/aromatic N) is 5. The Morgan fingerprint density at radius 1 is 1.13 bits per heavy atom. The summed E-state index contributed by atoms with van der Waals surface area (Å²) in [5.41, 5.74) is -0.773. The Hall–Kier alpha value is -3.29. The monoisotopic (exact) mass is 311 g/mol. The van der Waals surface area contributed by atoms with E-state index in [1.54, 1.807) is 6.08 Å². The highest BCUT2D eigenvalue weighted by atomic mass is 16.5. The lowest BCUT2D eigenvalue weighted by Crippen LogP contribution is -2.47. The number of aryl methyl sites for hydroxylation is 1. The lowest BCUT2D eigenvalue weighted by Gasteiger charge is -2.12. The molecule has 0 unspecified atom stereocenters. The molecule has 116 valence electrons. The lowest BCUT2D eigenvalue weighted by atomic mass is 10.2. The van der Waals surface area contributed by atoms with Crippen LogP contribution in [0.15, 0.2) is 39.9 Å². The molecule has 1 aromatic rings. The second-order valence-corrected chi connectivity index (χ2v) is 4.95. The van der Waals surface area contributed by atoms with Crippen molar-refractivity contribution < 1.29 is 4.73 Å². The molecule has 2 aliphatic rings. The van der Waals surface area contributed by atoms with Crippen LogP contribution in [0.1, 0.15) is 11.4 Å². The van der Waals surface area contributed by atoms with Crippen molar-refractivity contribution in [2.75, 3.05) is 0 Å². The van der Waals surface area contributed by atoms with Crippen molar-refractivity contribution in [3.63, 3.8) is 0 Å². The van der Waals surface area contributed by atoms with E-state index in [0.717, 1.165) is 10.1 Å².